The van der Waals surface area contributed by atoms with Crippen LogP contribution in [0.15, 0.2) is 24.7 Å². The number of rotatable bonds is 9. The molecule has 2 heterocycles. The fraction of sp³-hybridized carbons (Fsp3) is 0.526. The number of nitrogens with zero attached hydrogens (tertiary/aromatic N) is 3. The normalized spacial score (nSPS) is 13.4. The third-order valence-electron chi connectivity index (χ3n) is 4.34. The van der Waals surface area contributed by atoms with Gasteiger partial charge in [0.25, 0.3) is 0 Å². The molecule has 1 atom stereocenters. The molecule has 166 valence electrons. The molecule has 2 aromatic heterocycles. The summed E-state index contributed by atoms with van der Waals surface area (Å²) in [4.78, 5) is 23.5. The Morgan fingerprint density at radius 1 is 1.23 bits per heavy atom. The van der Waals surface area contributed by atoms with Crippen molar-refractivity contribution in [2.45, 2.75) is 53.5 Å². The van der Waals surface area contributed by atoms with Crippen molar-refractivity contribution in [3.8, 4) is 0 Å². The van der Waals surface area contributed by atoms with Crippen LogP contribution in [0, 0.1) is 0 Å². The Labute approximate surface area is 177 Å². The van der Waals surface area contributed by atoms with Gasteiger partial charge in [0.2, 0.25) is 0 Å². The van der Waals surface area contributed by atoms with Crippen LogP contribution in [0.25, 0.3) is 0 Å². The van der Waals surface area contributed by atoms with Gasteiger partial charge in [-0.25, -0.2) is 0 Å². The van der Waals surface area contributed by atoms with Gasteiger partial charge in [0.1, 0.15) is 0 Å². The summed E-state index contributed by atoms with van der Waals surface area (Å²) in [6, 6.07) is 1.75. The second-order valence-corrected chi connectivity index (χ2v) is 22.9. The van der Waals surface area contributed by atoms with E-state index < -0.39 is 55.6 Å². The minimum atomic E-state index is -2.60. The first-order valence-corrected chi connectivity index (χ1v) is 19.5. The number of anilines is 2. The van der Waals surface area contributed by atoms with Gasteiger partial charge in [0.15, 0.2) is 0 Å². The molecule has 11 heteroatoms. The van der Waals surface area contributed by atoms with E-state index in [0.717, 1.165) is 22.2 Å². The topological polar surface area (TPSA) is 71.8 Å². The molecule has 0 unspecified atom stereocenters. The first-order chi connectivity index (χ1) is 13.8. The molecular weight excluding hydrogens is 509 g/mol. The van der Waals surface area contributed by atoms with Crippen molar-refractivity contribution in [1.29, 1.82) is 0 Å². The first-order valence-electron chi connectivity index (χ1n) is 9.46. The summed E-state index contributed by atoms with van der Waals surface area (Å²) in [6.45, 7) is 1.15. The van der Waals surface area contributed by atoms with Crippen LogP contribution in [0.4, 0.5) is 28.9 Å². The van der Waals surface area contributed by atoms with Crippen LogP contribution < -0.4 is 14.3 Å². The Bertz CT molecular complexity index is 877. The third kappa shape index (κ3) is 6.85. The van der Waals surface area contributed by atoms with Gasteiger partial charge < -0.3 is 0 Å². The molecule has 0 spiro atoms. The van der Waals surface area contributed by atoms with Crippen LogP contribution in [0.1, 0.15) is 24.2 Å². The van der Waals surface area contributed by atoms with Crippen LogP contribution in [0.2, 0.25) is 14.8 Å². The van der Waals surface area contributed by atoms with E-state index in [2.05, 4.69) is 35.5 Å². The summed E-state index contributed by atoms with van der Waals surface area (Å²) >= 11 is -2.60. The average molecular weight is 536 g/mol. The molecule has 30 heavy (non-hydrogen) atoms. The van der Waals surface area contributed by atoms with Crippen LogP contribution in [-0.4, -0.2) is 63.9 Å². The van der Waals surface area contributed by atoms with Crippen LogP contribution in [0.5, 0.6) is 0 Å². The van der Waals surface area contributed by atoms with Gasteiger partial charge in [-0.1, -0.05) is 0 Å². The number of carbonyl (C=O) groups excluding carboxylic acids is 1. The van der Waals surface area contributed by atoms with Crippen LogP contribution in [0.3, 0.4) is 0 Å². The van der Waals surface area contributed by atoms with E-state index in [9.17, 15) is 22.4 Å². The molecule has 0 aliphatic rings. The second-order valence-electron chi connectivity index (χ2n) is 8.57. The van der Waals surface area contributed by atoms with E-state index in [1.165, 1.54) is 18.6 Å². The monoisotopic (exact) mass is 537 g/mol. The molecule has 0 fully saturated rings. The van der Waals surface area contributed by atoms with Crippen molar-refractivity contribution in [1.82, 2.24) is 20.1 Å². The summed E-state index contributed by atoms with van der Waals surface area (Å²) in [6.07, 6.45) is -0.254. The van der Waals surface area contributed by atoms with Crippen LogP contribution in [-0.2, 0) is 6.54 Å². The van der Waals surface area contributed by atoms with Gasteiger partial charge in [-0.2, -0.15) is 0 Å². The number of pyridine rings is 1. The Hall–Kier alpha value is -1.85. The standard InChI is InChI=1S/C16H18F4N5O.3CH3.Sn/c1-16(2,20)13(17)7-22-15(26)11-6-21-4-3-12(11)24-10-5-23-25(8-10)9-14(18)19;;;;/h3,5-6,8,13-14H,7,9H2,1-2H3,(H,21,24)(H,22,26);3*1H3;/t13-;;;;/m1..../s1. The fourth-order valence-electron chi connectivity index (χ4n) is 2.49. The zero-order valence-corrected chi connectivity index (χ0v) is 20.5. The molecule has 0 bridgehead atoms. The Balaban J connectivity index is 2.29. The van der Waals surface area contributed by atoms with Gasteiger partial charge in [-0.3, -0.25) is 0 Å². The molecule has 1 amide bonds. The van der Waals surface area contributed by atoms with Crippen molar-refractivity contribution < 1.29 is 22.4 Å². The number of alkyl halides is 4. The number of aromatic nitrogens is 3. The zero-order valence-electron chi connectivity index (χ0n) is 17.6. The quantitative estimate of drug-likeness (QED) is 0.380. The predicted molar refractivity (Wildman–Crippen MR) is 111 cm³/mol. The summed E-state index contributed by atoms with van der Waals surface area (Å²) in [5, 5.41) is 9.26. The third-order valence-corrected chi connectivity index (χ3v) is 9.51. The molecule has 6 nitrogen and oxygen atoms in total. The molecule has 0 saturated carbocycles. The van der Waals surface area contributed by atoms with E-state index in [1.54, 1.807) is 6.07 Å². The van der Waals surface area contributed by atoms with E-state index in [0.29, 0.717) is 11.4 Å². The van der Waals surface area contributed by atoms with Crippen LogP contribution >= 0.6 is 0 Å². The summed E-state index contributed by atoms with van der Waals surface area (Å²) in [5.41, 5.74) is -1.13. The molecule has 0 aromatic carbocycles. The SMILES string of the molecule is CC(C)(F)[C@H](F)CNC(=O)c1cn[c]([Sn]([CH3])([CH3])[CH3])cc1Nc1cnn(CC(F)F)c1. The Kier molecular flexibility index (Phi) is 7.75. The number of carbonyl (C=O) groups is 1. The molecule has 0 aliphatic heterocycles. The number of halogens is 4. The molecule has 0 radical (unpaired) electrons. The first kappa shape index (κ1) is 24.4. The average Bonchev–Trinajstić information content (AvgIpc) is 3.03. The fourth-order valence-corrected chi connectivity index (χ4v) is 5.43. The molecular formula is C19H27F4N5OSn. The summed E-state index contributed by atoms with van der Waals surface area (Å²) in [5.74, 6) is -0.618. The Morgan fingerprint density at radius 2 is 1.90 bits per heavy atom. The predicted octanol–water partition coefficient (Wildman–Crippen LogP) is 3.65. The summed E-state index contributed by atoms with van der Waals surface area (Å²) < 4.78 is 54.6. The van der Waals surface area contributed by atoms with Gasteiger partial charge in [0.05, 0.1) is 0 Å². The van der Waals surface area contributed by atoms with Crippen molar-refractivity contribution in [3.63, 3.8) is 0 Å². The van der Waals surface area contributed by atoms with E-state index in [4.69, 9.17) is 0 Å². The van der Waals surface area contributed by atoms with Gasteiger partial charge in [-0.05, 0) is 0 Å². The minimum absolute atomic E-state index is 0.139. The number of amides is 1. The Morgan fingerprint density at radius 3 is 2.47 bits per heavy atom. The van der Waals surface area contributed by atoms with Gasteiger partial charge in [-0.15, -0.1) is 0 Å². The second kappa shape index (κ2) is 9.52. The molecule has 2 N–H and O–H groups in total. The van der Waals surface area contributed by atoms with Gasteiger partial charge in [0, 0.05) is 0 Å². The molecule has 2 rings (SSSR count). The maximum atomic E-state index is 13.9. The molecule has 0 aliphatic carbocycles. The summed E-state index contributed by atoms with van der Waals surface area (Å²) in [7, 11) is 0. The van der Waals surface area contributed by atoms with E-state index in [1.807, 2.05) is 0 Å². The molecule has 2 aromatic rings. The van der Waals surface area contributed by atoms with Crippen molar-refractivity contribution in [3.05, 3.63) is 30.2 Å². The van der Waals surface area contributed by atoms with Crippen molar-refractivity contribution in [2.24, 2.45) is 0 Å². The zero-order chi connectivity index (χ0) is 22.7. The van der Waals surface area contributed by atoms with Crippen molar-refractivity contribution >= 4 is 39.4 Å². The number of hydrogen-bond acceptors (Lipinski definition) is 4. The van der Waals surface area contributed by atoms with E-state index in [-0.39, 0.29) is 5.56 Å². The van der Waals surface area contributed by atoms with E-state index >= 15 is 0 Å². The number of hydrogen-bond donors (Lipinski definition) is 2. The number of nitrogens with one attached hydrogen (secondary N) is 2. The molecule has 0 saturated heterocycles. The maximum absolute atomic E-state index is 13.9. The van der Waals surface area contributed by atoms with Crippen molar-refractivity contribution in [2.75, 3.05) is 11.9 Å². The van der Waals surface area contributed by atoms with Gasteiger partial charge >= 0.3 is 177 Å².